The number of aromatic nitrogens is 2. The van der Waals surface area contributed by atoms with Crippen molar-refractivity contribution in [3.63, 3.8) is 0 Å². The molecule has 1 fully saturated rings. The first kappa shape index (κ1) is 25.7. The third-order valence-corrected chi connectivity index (χ3v) is 6.06. The zero-order chi connectivity index (χ0) is 25.8. The van der Waals surface area contributed by atoms with Crippen LogP contribution in [0.15, 0.2) is 42.5 Å². The molecule has 1 amide bonds. The Kier molecular flexibility index (Phi) is 7.97. The highest BCUT2D eigenvalue weighted by atomic mass is 35.5. The summed E-state index contributed by atoms with van der Waals surface area (Å²) in [7, 11) is 1.91. The molecule has 3 aromatic rings. The van der Waals surface area contributed by atoms with Crippen LogP contribution in [0, 0.1) is 0 Å². The van der Waals surface area contributed by atoms with E-state index in [1.807, 2.05) is 18.0 Å². The van der Waals surface area contributed by atoms with Crippen LogP contribution in [0.5, 0.6) is 5.88 Å². The van der Waals surface area contributed by atoms with Gasteiger partial charge in [0.1, 0.15) is 18.1 Å². The second-order valence-electron chi connectivity index (χ2n) is 8.09. The molecule has 3 heterocycles. The standard InChI is InChI=1S/C23H25Cl2N7O4/c1-30-9-10-31(21(33)13-30)17-4-6-19(28-22(17)15-3-2-14(24)12-16(15)25)27-8-11-36-20-7-5-18(32(34)35)23(26)29-20/h2-7,12,34-35H,8-11,13H2,1H3,(H2,26,29)(H,27,28). The molecule has 1 aliphatic heterocycles. The van der Waals surface area contributed by atoms with Crippen molar-refractivity contribution in [3.8, 4) is 17.1 Å². The molecule has 11 nitrogen and oxygen atoms in total. The normalized spacial score (nSPS) is 14.1. The van der Waals surface area contributed by atoms with Crippen LogP contribution in [0.4, 0.5) is 23.0 Å². The van der Waals surface area contributed by atoms with Gasteiger partial charge in [0.2, 0.25) is 11.8 Å². The lowest BCUT2D eigenvalue weighted by Crippen LogP contribution is -2.49. The van der Waals surface area contributed by atoms with Crippen molar-refractivity contribution >= 4 is 52.1 Å². The SMILES string of the molecule is CN1CCN(c2ccc(NCCOc3ccc(N(O)O)c(N)n3)nc2-c2ccc(Cl)cc2Cl)C(=O)C1. The van der Waals surface area contributed by atoms with E-state index in [0.717, 1.165) is 6.54 Å². The Bertz CT molecular complexity index is 1260. The van der Waals surface area contributed by atoms with Crippen molar-refractivity contribution < 1.29 is 19.9 Å². The van der Waals surface area contributed by atoms with Gasteiger partial charge in [0.15, 0.2) is 5.82 Å². The van der Waals surface area contributed by atoms with E-state index in [-0.39, 0.29) is 35.1 Å². The van der Waals surface area contributed by atoms with Gasteiger partial charge in [-0.1, -0.05) is 23.2 Å². The highest BCUT2D eigenvalue weighted by Gasteiger charge is 2.26. The molecule has 1 aliphatic rings. The summed E-state index contributed by atoms with van der Waals surface area (Å²) in [6, 6.07) is 11.6. The van der Waals surface area contributed by atoms with Crippen LogP contribution >= 0.6 is 23.2 Å². The van der Waals surface area contributed by atoms with Gasteiger partial charge in [0.05, 0.1) is 29.5 Å². The molecule has 0 atom stereocenters. The number of anilines is 4. The van der Waals surface area contributed by atoms with Crippen molar-refractivity contribution in [1.82, 2.24) is 14.9 Å². The lowest BCUT2D eigenvalue weighted by atomic mass is 10.1. The van der Waals surface area contributed by atoms with Gasteiger partial charge in [-0.2, -0.15) is 4.98 Å². The van der Waals surface area contributed by atoms with E-state index in [1.54, 1.807) is 29.2 Å². The maximum absolute atomic E-state index is 12.8. The number of nitrogens with two attached hydrogens (primary N) is 1. The third-order valence-electron chi connectivity index (χ3n) is 5.51. The minimum Gasteiger partial charge on any atom is -0.476 e. The number of benzene rings is 1. The number of hydrogen-bond donors (Lipinski definition) is 4. The summed E-state index contributed by atoms with van der Waals surface area (Å²) in [5.41, 5.74) is 7.50. The number of nitrogen functional groups attached to an aromatic ring is 1. The summed E-state index contributed by atoms with van der Waals surface area (Å²) in [5.74, 6) is 0.675. The molecule has 0 aliphatic carbocycles. The maximum Gasteiger partial charge on any atom is 0.241 e. The van der Waals surface area contributed by atoms with Gasteiger partial charge in [0.25, 0.3) is 0 Å². The molecule has 0 saturated carbocycles. The number of rotatable bonds is 8. The topological polar surface area (TPSA) is 140 Å². The highest BCUT2D eigenvalue weighted by Crippen LogP contribution is 2.36. The molecule has 0 unspecified atom stereocenters. The minimum absolute atomic E-state index is 0.0192. The van der Waals surface area contributed by atoms with Gasteiger partial charge >= 0.3 is 0 Å². The molecular formula is C23H25Cl2N7O4. The first-order valence-electron chi connectivity index (χ1n) is 11.0. The van der Waals surface area contributed by atoms with Crippen molar-refractivity contribution in [2.45, 2.75) is 0 Å². The second kappa shape index (κ2) is 11.1. The van der Waals surface area contributed by atoms with Gasteiger partial charge in [-0.3, -0.25) is 20.1 Å². The lowest BCUT2D eigenvalue weighted by molar-refractivity contribution is -0.120. The second-order valence-corrected chi connectivity index (χ2v) is 8.93. The molecule has 1 saturated heterocycles. The Hall–Kier alpha value is -3.35. The van der Waals surface area contributed by atoms with E-state index in [1.165, 1.54) is 12.1 Å². The third kappa shape index (κ3) is 5.89. The summed E-state index contributed by atoms with van der Waals surface area (Å²) in [4.78, 5) is 25.2. The van der Waals surface area contributed by atoms with Crippen LogP contribution in [-0.4, -0.2) is 71.0 Å². The molecule has 1 aromatic carbocycles. The molecule has 36 heavy (non-hydrogen) atoms. The molecule has 5 N–H and O–H groups in total. The number of likely N-dealkylation sites (N-methyl/N-ethyl adjacent to an activating group) is 1. The molecule has 0 spiro atoms. The zero-order valence-electron chi connectivity index (χ0n) is 19.4. The fourth-order valence-electron chi connectivity index (χ4n) is 3.73. The monoisotopic (exact) mass is 533 g/mol. The number of hydrogen-bond acceptors (Lipinski definition) is 10. The number of nitrogens with zero attached hydrogens (tertiary/aromatic N) is 5. The average molecular weight is 534 g/mol. The van der Waals surface area contributed by atoms with Crippen LogP contribution in [-0.2, 0) is 4.79 Å². The quantitative estimate of drug-likeness (QED) is 0.251. The van der Waals surface area contributed by atoms with Crippen LogP contribution in [0.3, 0.4) is 0 Å². The predicted octanol–water partition coefficient (Wildman–Crippen LogP) is 3.39. The minimum atomic E-state index is -0.108. The molecule has 4 rings (SSSR count). The lowest BCUT2D eigenvalue weighted by Gasteiger charge is -2.33. The van der Waals surface area contributed by atoms with Gasteiger partial charge < -0.3 is 20.7 Å². The number of carbonyl (C=O) groups is 1. The summed E-state index contributed by atoms with van der Waals surface area (Å²) in [6.07, 6.45) is 0. The Balaban J connectivity index is 1.51. The van der Waals surface area contributed by atoms with E-state index in [0.29, 0.717) is 52.4 Å². The van der Waals surface area contributed by atoms with Crippen molar-refractivity contribution in [3.05, 3.63) is 52.5 Å². The Morgan fingerprint density at radius 1 is 1.14 bits per heavy atom. The summed E-state index contributed by atoms with van der Waals surface area (Å²) < 4.78 is 5.58. The van der Waals surface area contributed by atoms with Crippen LogP contribution in [0.25, 0.3) is 11.3 Å². The number of piperazine rings is 1. The fourth-order valence-corrected chi connectivity index (χ4v) is 4.22. The zero-order valence-corrected chi connectivity index (χ0v) is 20.9. The van der Waals surface area contributed by atoms with Gasteiger partial charge in [-0.05, 0) is 43.4 Å². The first-order valence-corrected chi connectivity index (χ1v) is 11.7. The van der Waals surface area contributed by atoms with E-state index < -0.39 is 0 Å². The van der Waals surface area contributed by atoms with Crippen LogP contribution < -0.4 is 25.9 Å². The molecule has 2 aromatic heterocycles. The number of halogens is 2. The number of nitrogens with one attached hydrogen (secondary N) is 1. The number of carbonyl (C=O) groups excluding carboxylic acids is 1. The van der Waals surface area contributed by atoms with Crippen LogP contribution in [0.1, 0.15) is 0 Å². The Morgan fingerprint density at radius 2 is 1.94 bits per heavy atom. The Labute approximate surface area is 217 Å². The Morgan fingerprint density at radius 3 is 2.64 bits per heavy atom. The predicted molar refractivity (Wildman–Crippen MR) is 138 cm³/mol. The van der Waals surface area contributed by atoms with E-state index in [4.69, 9.17) is 49.1 Å². The number of pyridine rings is 2. The van der Waals surface area contributed by atoms with Crippen LogP contribution in [0.2, 0.25) is 10.0 Å². The van der Waals surface area contributed by atoms with Crippen molar-refractivity contribution in [2.24, 2.45) is 0 Å². The molecule has 190 valence electrons. The summed E-state index contributed by atoms with van der Waals surface area (Å²) in [5, 5.41) is 22.1. The van der Waals surface area contributed by atoms with E-state index in [2.05, 4.69) is 10.3 Å². The van der Waals surface area contributed by atoms with E-state index in [9.17, 15) is 4.79 Å². The molecule has 0 radical (unpaired) electrons. The molecular weight excluding hydrogens is 509 g/mol. The summed E-state index contributed by atoms with van der Waals surface area (Å²) in [6.45, 7) is 2.20. The van der Waals surface area contributed by atoms with E-state index >= 15 is 0 Å². The number of amides is 1. The van der Waals surface area contributed by atoms with Gasteiger partial charge in [0, 0.05) is 29.7 Å². The highest BCUT2D eigenvalue weighted by molar-refractivity contribution is 6.36. The fraction of sp³-hybridized carbons (Fsp3) is 0.261. The average Bonchev–Trinajstić information content (AvgIpc) is 2.82. The maximum atomic E-state index is 12.8. The molecule has 13 heteroatoms. The molecule has 0 bridgehead atoms. The first-order chi connectivity index (χ1) is 17.2. The number of ether oxygens (including phenoxy) is 1. The van der Waals surface area contributed by atoms with Gasteiger partial charge in [-0.15, -0.1) is 5.23 Å². The largest absolute Gasteiger partial charge is 0.476 e. The van der Waals surface area contributed by atoms with Crippen molar-refractivity contribution in [1.29, 1.82) is 0 Å². The van der Waals surface area contributed by atoms with Crippen molar-refractivity contribution in [2.75, 3.05) is 61.0 Å². The smallest absolute Gasteiger partial charge is 0.241 e. The summed E-state index contributed by atoms with van der Waals surface area (Å²) >= 11 is 12.6. The van der Waals surface area contributed by atoms with Gasteiger partial charge in [-0.25, -0.2) is 4.98 Å².